The van der Waals surface area contributed by atoms with Crippen molar-refractivity contribution < 1.29 is 19.7 Å². The number of allylic oxidation sites excluding steroid dienone is 2. The highest BCUT2D eigenvalue weighted by molar-refractivity contribution is 5.97. The second kappa shape index (κ2) is 9.83. The molecule has 0 unspecified atom stereocenters. The summed E-state index contributed by atoms with van der Waals surface area (Å²) in [5.74, 6) is -0.158. The number of nitriles is 1. The molecule has 6 nitrogen and oxygen atoms in total. The number of methoxy groups -OCH3 is 1. The minimum absolute atomic E-state index is 0.0320. The summed E-state index contributed by atoms with van der Waals surface area (Å²) in [7, 11) is 1.60. The molecule has 0 saturated carbocycles. The van der Waals surface area contributed by atoms with Crippen LogP contribution in [-0.2, 0) is 11.2 Å². The van der Waals surface area contributed by atoms with Crippen LogP contribution in [0, 0.1) is 18.3 Å². The Morgan fingerprint density at radius 2 is 2.00 bits per heavy atom. The number of benzene rings is 2. The molecular formula is C22H22N2O4. The van der Waals surface area contributed by atoms with Gasteiger partial charge >= 0.3 is 0 Å². The van der Waals surface area contributed by atoms with Crippen LogP contribution >= 0.6 is 0 Å². The first-order chi connectivity index (χ1) is 13.4. The van der Waals surface area contributed by atoms with Crippen LogP contribution in [0.4, 0.5) is 0 Å². The van der Waals surface area contributed by atoms with Gasteiger partial charge in [0.15, 0.2) is 11.5 Å². The van der Waals surface area contributed by atoms with E-state index in [9.17, 15) is 20.3 Å². The summed E-state index contributed by atoms with van der Waals surface area (Å²) in [6.45, 7) is 2.35. The molecule has 0 aliphatic heterocycles. The van der Waals surface area contributed by atoms with E-state index in [0.717, 1.165) is 16.9 Å². The SMILES string of the molecule is COc1ccc(C)cc1CCNC(=O)/C(C#N)=C/C=C/c1ccc(O)c(O)c1. The molecule has 28 heavy (non-hydrogen) atoms. The van der Waals surface area contributed by atoms with Crippen LogP contribution < -0.4 is 10.1 Å². The van der Waals surface area contributed by atoms with Crippen molar-refractivity contribution >= 4 is 12.0 Å². The average Bonchev–Trinajstić information content (AvgIpc) is 2.68. The summed E-state index contributed by atoms with van der Waals surface area (Å²) in [6, 6.07) is 12.0. The number of nitrogens with one attached hydrogen (secondary N) is 1. The number of hydrogen-bond acceptors (Lipinski definition) is 5. The number of phenols is 2. The molecule has 0 atom stereocenters. The van der Waals surface area contributed by atoms with Crippen molar-refractivity contribution in [2.45, 2.75) is 13.3 Å². The number of carbonyl (C=O) groups is 1. The van der Waals surface area contributed by atoms with E-state index >= 15 is 0 Å². The molecule has 2 rings (SSSR count). The predicted octanol–water partition coefficient (Wildman–Crippen LogP) is 3.24. The smallest absolute Gasteiger partial charge is 0.261 e. The maximum atomic E-state index is 12.2. The van der Waals surface area contributed by atoms with Crippen molar-refractivity contribution in [2.24, 2.45) is 0 Å². The quantitative estimate of drug-likeness (QED) is 0.297. The van der Waals surface area contributed by atoms with Gasteiger partial charge < -0.3 is 20.3 Å². The van der Waals surface area contributed by atoms with Gasteiger partial charge in [-0.2, -0.15) is 5.26 Å². The molecule has 0 spiro atoms. The molecular weight excluding hydrogens is 356 g/mol. The standard InChI is InChI=1S/C22H22N2O4/c1-15-6-9-21(28-2)17(12-15)10-11-24-22(27)18(14-23)5-3-4-16-7-8-19(25)20(26)13-16/h3-9,12-13,25-26H,10-11H2,1-2H3,(H,24,27)/b4-3+,18-5+. The molecule has 0 heterocycles. The predicted molar refractivity (Wildman–Crippen MR) is 107 cm³/mol. The van der Waals surface area contributed by atoms with Gasteiger partial charge in [-0.05, 0) is 48.7 Å². The summed E-state index contributed by atoms with van der Waals surface area (Å²) in [6.07, 6.45) is 5.12. The van der Waals surface area contributed by atoms with Crippen molar-refractivity contribution in [3.63, 3.8) is 0 Å². The van der Waals surface area contributed by atoms with Crippen LogP contribution in [0.2, 0.25) is 0 Å². The Morgan fingerprint density at radius 3 is 2.68 bits per heavy atom. The second-order valence-electron chi connectivity index (χ2n) is 6.12. The monoisotopic (exact) mass is 378 g/mol. The Balaban J connectivity index is 1.97. The molecule has 0 aliphatic rings. The van der Waals surface area contributed by atoms with Crippen molar-refractivity contribution in [1.82, 2.24) is 5.32 Å². The fraction of sp³-hybridized carbons (Fsp3) is 0.182. The van der Waals surface area contributed by atoms with Gasteiger partial charge in [0.05, 0.1) is 7.11 Å². The zero-order chi connectivity index (χ0) is 20.5. The molecule has 1 amide bonds. The summed E-state index contributed by atoms with van der Waals surface area (Å²) >= 11 is 0. The fourth-order valence-corrected chi connectivity index (χ4v) is 2.57. The molecule has 0 fully saturated rings. The Kier molecular flexibility index (Phi) is 7.23. The minimum atomic E-state index is -0.465. The van der Waals surface area contributed by atoms with Gasteiger partial charge in [-0.15, -0.1) is 0 Å². The number of nitrogens with zero attached hydrogens (tertiary/aromatic N) is 1. The molecule has 0 saturated heterocycles. The van der Waals surface area contributed by atoms with Crippen molar-refractivity contribution in [3.8, 4) is 23.3 Å². The van der Waals surface area contributed by atoms with Crippen LogP contribution in [0.5, 0.6) is 17.2 Å². The molecule has 2 aromatic rings. The summed E-state index contributed by atoms with van der Waals surface area (Å²) in [5, 5.41) is 30.7. The van der Waals surface area contributed by atoms with E-state index in [0.29, 0.717) is 18.5 Å². The number of amides is 1. The number of ether oxygens (including phenoxy) is 1. The molecule has 0 radical (unpaired) electrons. The molecule has 2 aromatic carbocycles. The topological polar surface area (TPSA) is 103 Å². The van der Waals surface area contributed by atoms with E-state index in [-0.39, 0.29) is 17.1 Å². The van der Waals surface area contributed by atoms with Gasteiger partial charge in [0.25, 0.3) is 5.91 Å². The first-order valence-electron chi connectivity index (χ1n) is 8.66. The molecule has 0 bridgehead atoms. The molecule has 0 aromatic heterocycles. The summed E-state index contributed by atoms with van der Waals surface area (Å²) < 4.78 is 5.32. The zero-order valence-corrected chi connectivity index (χ0v) is 15.8. The Labute approximate surface area is 164 Å². The van der Waals surface area contributed by atoms with Gasteiger partial charge in [-0.3, -0.25) is 4.79 Å². The Bertz CT molecular complexity index is 955. The van der Waals surface area contributed by atoms with Crippen molar-refractivity contribution in [1.29, 1.82) is 5.26 Å². The van der Waals surface area contributed by atoms with Gasteiger partial charge in [0, 0.05) is 6.54 Å². The van der Waals surface area contributed by atoms with E-state index in [1.54, 1.807) is 19.3 Å². The number of phenolic OH excluding ortho intramolecular Hbond substituents is 2. The molecule has 6 heteroatoms. The molecule has 0 aliphatic carbocycles. The summed E-state index contributed by atoms with van der Waals surface area (Å²) in [4.78, 5) is 12.2. The highest BCUT2D eigenvalue weighted by atomic mass is 16.5. The van der Waals surface area contributed by atoms with Crippen molar-refractivity contribution in [3.05, 3.63) is 70.8 Å². The third kappa shape index (κ3) is 5.64. The van der Waals surface area contributed by atoms with Gasteiger partial charge in [-0.1, -0.05) is 35.9 Å². The first kappa shape index (κ1) is 20.6. The first-order valence-corrected chi connectivity index (χ1v) is 8.66. The molecule has 3 N–H and O–H groups in total. The fourth-order valence-electron chi connectivity index (χ4n) is 2.57. The second-order valence-corrected chi connectivity index (χ2v) is 6.12. The van der Waals surface area contributed by atoms with Gasteiger partial charge in [0.2, 0.25) is 0 Å². The third-order valence-electron chi connectivity index (χ3n) is 4.03. The van der Waals surface area contributed by atoms with Gasteiger partial charge in [-0.25, -0.2) is 0 Å². The number of aryl methyl sites for hydroxylation is 1. The highest BCUT2D eigenvalue weighted by Gasteiger charge is 2.09. The minimum Gasteiger partial charge on any atom is -0.504 e. The maximum Gasteiger partial charge on any atom is 0.261 e. The normalized spacial score (nSPS) is 11.2. The van der Waals surface area contributed by atoms with Crippen LogP contribution in [-0.4, -0.2) is 29.8 Å². The Hall–Kier alpha value is -3.72. The number of carbonyl (C=O) groups excluding carboxylic acids is 1. The lowest BCUT2D eigenvalue weighted by Crippen LogP contribution is -2.26. The van der Waals surface area contributed by atoms with Crippen LogP contribution in [0.25, 0.3) is 6.08 Å². The van der Waals surface area contributed by atoms with E-state index in [4.69, 9.17) is 4.74 Å². The van der Waals surface area contributed by atoms with E-state index in [1.165, 1.54) is 24.3 Å². The van der Waals surface area contributed by atoms with E-state index in [1.807, 2.05) is 31.2 Å². The number of hydrogen-bond donors (Lipinski definition) is 3. The van der Waals surface area contributed by atoms with Crippen molar-refractivity contribution in [2.75, 3.05) is 13.7 Å². The Morgan fingerprint density at radius 1 is 1.21 bits per heavy atom. The molecule has 144 valence electrons. The lowest BCUT2D eigenvalue weighted by molar-refractivity contribution is -0.117. The lowest BCUT2D eigenvalue weighted by Gasteiger charge is -2.10. The number of aromatic hydroxyl groups is 2. The van der Waals surface area contributed by atoms with Crippen LogP contribution in [0.3, 0.4) is 0 Å². The number of rotatable bonds is 7. The summed E-state index contributed by atoms with van der Waals surface area (Å²) in [5.41, 5.74) is 2.67. The third-order valence-corrected chi connectivity index (χ3v) is 4.03. The largest absolute Gasteiger partial charge is 0.504 e. The lowest BCUT2D eigenvalue weighted by atomic mass is 10.1. The highest BCUT2D eigenvalue weighted by Crippen LogP contribution is 2.25. The zero-order valence-electron chi connectivity index (χ0n) is 15.8. The average molecular weight is 378 g/mol. The van der Waals surface area contributed by atoms with E-state index < -0.39 is 5.91 Å². The van der Waals surface area contributed by atoms with Crippen LogP contribution in [0.15, 0.2) is 54.1 Å². The van der Waals surface area contributed by atoms with Gasteiger partial charge in [0.1, 0.15) is 17.4 Å². The van der Waals surface area contributed by atoms with E-state index in [2.05, 4.69) is 5.32 Å². The van der Waals surface area contributed by atoms with Crippen LogP contribution in [0.1, 0.15) is 16.7 Å². The maximum absolute atomic E-state index is 12.2.